The van der Waals surface area contributed by atoms with Gasteiger partial charge in [0.15, 0.2) is 0 Å². The number of benzene rings is 8. The molecule has 10 rings (SSSR count). The van der Waals surface area contributed by atoms with E-state index in [0.29, 0.717) is 5.92 Å². The van der Waals surface area contributed by atoms with Crippen LogP contribution in [0.2, 0.25) is 0 Å². The Balaban J connectivity index is 1.05. The first-order chi connectivity index (χ1) is 26.8. The predicted octanol–water partition coefficient (Wildman–Crippen LogP) is 13.7. The minimum atomic E-state index is -0.426. The van der Waals surface area contributed by atoms with Gasteiger partial charge in [-0.15, -0.1) is 0 Å². The number of fused-ring (bicyclic) bond motifs is 9. The van der Waals surface area contributed by atoms with E-state index in [1.54, 1.807) is 0 Å². The Kier molecular flexibility index (Phi) is 8.07. The molecule has 1 unspecified atom stereocenters. The number of rotatable bonds is 8. The van der Waals surface area contributed by atoms with Gasteiger partial charge in [0, 0.05) is 11.6 Å². The first kappa shape index (κ1) is 32.2. The molecule has 0 aromatic heterocycles. The van der Waals surface area contributed by atoms with Crippen LogP contribution in [-0.4, -0.2) is 0 Å². The molecule has 0 N–H and O–H groups in total. The van der Waals surface area contributed by atoms with E-state index < -0.39 is 5.41 Å². The third kappa shape index (κ3) is 5.23. The standard InChI is InChI=1S/C53H41N/c1-4-19-39(20-5-1)41-23-17-24-42(37-41)44(40-21-6-2-7-22-40)28-16-18-38-34-35-46-45-27-10-11-29-47(45)53(50(46)36-38)48-30-12-14-32-51(48)54(43-25-8-3-9-26-43)52-33-15-13-31-49(52)53/h1-15,17,19-27,29-37,44H,16,18,28H2. The summed E-state index contributed by atoms with van der Waals surface area (Å²) >= 11 is 0. The molecule has 1 heterocycles. The van der Waals surface area contributed by atoms with Crippen molar-refractivity contribution in [1.82, 2.24) is 0 Å². The van der Waals surface area contributed by atoms with E-state index in [-0.39, 0.29) is 0 Å². The van der Waals surface area contributed by atoms with Gasteiger partial charge in [0.25, 0.3) is 0 Å². The van der Waals surface area contributed by atoms with E-state index >= 15 is 0 Å². The van der Waals surface area contributed by atoms with Gasteiger partial charge in [0.05, 0.1) is 16.8 Å². The van der Waals surface area contributed by atoms with E-state index in [9.17, 15) is 0 Å². The predicted molar refractivity (Wildman–Crippen MR) is 225 cm³/mol. The fourth-order valence-corrected chi connectivity index (χ4v) is 9.45. The van der Waals surface area contributed by atoms with Crippen LogP contribution in [0.3, 0.4) is 0 Å². The summed E-state index contributed by atoms with van der Waals surface area (Å²) in [6, 6.07) is 76.5. The highest BCUT2D eigenvalue weighted by Crippen LogP contribution is 2.63. The lowest BCUT2D eigenvalue weighted by Gasteiger charge is -2.45. The number of para-hydroxylation sites is 3. The van der Waals surface area contributed by atoms with Crippen molar-refractivity contribution in [3.63, 3.8) is 0 Å². The molecule has 1 heteroatoms. The summed E-state index contributed by atoms with van der Waals surface area (Å²) in [7, 11) is 0. The van der Waals surface area contributed by atoms with Crippen molar-refractivity contribution in [1.29, 1.82) is 0 Å². The number of hydrogen-bond donors (Lipinski definition) is 0. The van der Waals surface area contributed by atoms with Crippen LogP contribution in [0.4, 0.5) is 17.1 Å². The second-order valence-corrected chi connectivity index (χ2v) is 14.7. The summed E-state index contributed by atoms with van der Waals surface area (Å²) in [6.45, 7) is 0. The van der Waals surface area contributed by atoms with E-state index in [2.05, 4.69) is 211 Å². The van der Waals surface area contributed by atoms with Gasteiger partial charge in [-0.1, -0.05) is 182 Å². The van der Waals surface area contributed by atoms with Crippen molar-refractivity contribution in [2.45, 2.75) is 30.6 Å². The van der Waals surface area contributed by atoms with E-state index in [1.165, 1.54) is 78.3 Å². The Labute approximate surface area is 318 Å². The molecule has 0 radical (unpaired) electrons. The molecule has 0 saturated carbocycles. The molecule has 258 valence electrons. The van der Waals surface area contributed by atoms with Crippen LogP contribution >= 0.6 is 0 Å². The summed E-state index contributed by atoms with van der Waals surface area (Å²) in [6.07, 6.45) is 3.17. The molecule has 1 aliphatic carbocycles. The van der Waals surface area contributed by atoms with Crippen molar-refractivity contribution in [2.24, 2.45) is 0 Å². The molecule has 2 aliphatic rings. The van der Waals surface area contributed by atoms with Crippen molar-refractivity contribution in [2.75, 3.05) is 4.90 Å². The monoisotopic (exact) mass is 691 g/mol. The maximum atomic E-state index is 2.55. The minimum Gasteiger partial charge on any atom is -0.310 e. The van der Waals surface area contributed by atoms with Gasteiger partial charge in [0.1, 0.15) is 0 Å². The number of aryl methyl sites for hydroxylation is 1. The van der Waals surface area contributed by atoms with Crippen LogP contribution in [0.15, 0.2) is 206 Å². The third-order valence-corrected chi connectivity index (χ3v) is 11.8. The van der Waals surface area contributed by atoms with Gasteiger partial charge in [-0.25, -0.2) is 0 Å². The lowest BCUT2D eigenvalue weighted by atomic mass is 9.64. The second kappa shape index (κ2) is 13.5. The minimum absolute atomic E-state index is 0.320. The zero-order valence-electron chi connectivity index (χ0n) is 30.3. The van der Waals surface area contributed by atoms with Gasteiger partial charge >= 0.3 is 0 Å². The second-order valence-electron chi connectivity index (χ2n) is 14.7. The number of hydrogen-bond acceptors (Lipinski definition) is 1. The molecule has 8 aromatic carbocycles. The fraction of sp³-hybridized carbons (Fsp3) is 0.0943. The van der Waals surface area contributed by atoms with Gasteiger partial charge in [-0.05, 0) is 105 Å². The highest BCUT2D eigenvalue weighted by Gasteiger charge is 2.51. The molecule has 0 bridgehead atoms. The quantitative estimate of drug-likeness (QED) is 0.153. The molecule has 1 spiro atoms. The van der Waals surface area contributed by atoms with Gasteiger partial charge in [-0.3, -0.25) is 0 Å². The van der Waals surface area contributed by atoms with Crippen molar-refractivity contribution in [3.05, 3.63) is 245 Å². The molecular formula is C53H41N. The maximum absolute atomic E-state index is 2.55. The van der Waals surface area contributed by atoms with Gasteiger partial charge in [0.2, 0.25) is 0 Å². The molecule has 0 saturated heterocycles. The Morgan fingerprint density at radius 1 is 0.407 bits per heavy atom. The van der Waals surface area contributed by atoms with Gasteiger partial charge in [-0.2, -0.15) is 0 Å². The molecule has 8 aromatic rings. The largest absolute Gasteiger partial charge is 0.310 e. The van der Waals surface area contributed by atoms with Crippen LogP contribution in [0.1, 0.15) is 57.7 Å². The summed E-state index contributed by atoms with van der Waals surface area (Å²) in [5.41, 5.74) is 18.0. The zero-order chi connectivity index (χ0) is 35.9. The van der Waals surface area contributed by atoms with E-state index in [0.717, 1.165) is 19.3 Å². The number of anilines is 3. The van der Waals surface area contributed by atoms with Crippen LogP contribution < -0.4 is 4.90 Å². The Hall–Kier alpha value is -6.44. The Morgan fingerprint density at radius 2 is 0.963 bits per heavy atom. The Morgan fingerprint density at radius 3 is 1.69 bits per heavy atom. The molecule has 0 amide bonds. The summed E-state index contributed by atoms with van der Waals surface area (Å²) in [5.74, 6) is 0.320. The SMILES string of the molecule is c1ccc(-c2cccc(C(CCCc3ccc4c(c3)C3(c5ccccc5-4)c4ccccc4N(c4ccccc4)c4ccccc43)c3ccccc3)c2)cc1. The maximum Gasteiger partial charge on any atom is 0.0754 e. The Bertz CT molecular complexity index is 2540. The molecular weight excluding hydrogens is 651 g/mol. The van der Waals surface area contributed by atoms with E-state index in [4.69, 9.17) is 0 Å². The molecule has 1 nitrogen and oxygen atoms in total. The zero-order valence-corrected chi connectivity index (χ0v) is 30.3. The average molecular weight is 692 g/mol. The van der Waals surface area contributed by atoms with Crippen molar-refractivity contribution in [3.8, 4) is 22.3 Å². The van der Waals surface area contributed by atoms with Crippen LogP contribution in [0.25, 0.3) is 22.3 Å². The molecule has 0 fully saturated rings. The topological polar surface area (TPSA) is 3.24 Å². The fourth-order valence-electron chi connectivity index (χ4n) is 9.45. The molecule has 1 aliphatic heterocycles. The van der Waals surface area contributed by atoms with Crippen LogP contribution in [0.5, 0.6) is 0 Å². The average Bonchev–Trinajstić information content (AvgIpc) is 3.53. The first-order valence-electron chi connectivity index (χ1n) is 19.3. The van der Waals surface area contributed by atoms with Crippen molar-refractivity contribution < 1.29 is 0 Å². The van der Waals surface area contributed by atoms with Gasteiger partial charge < -0.3 is 4.90 Å². The first-order valence-corrected chi connectivity index (χ1v) is 19.3. The van der Waals surface area contributed by atoms with Crippen LogP contribution in [0, 0.1) is 0 Å². The highest BCUT2D eigenvalue weighted by molar-refractivity contribution is 5.95. The summed E-state index contributed by atoms with van der Waals surface area (Å²) in [5, 5.41) is 0. The smallest absolute Gasteiger partial charge is 0.0754 e. The summed E-state index contributed by atoms with van der Waals surface area (Å²) < 4.78 is 0. The normalized spacial score (nSPS) is 13.8. The lowest BCUT2D eigenvalue weighted by Crippen LogP contribution is -2.36. The van der Waals surface area contributed by atoms with E-state index in [1.807, 2.05) is 0 Å². The molecule has 1 atom stereocenters. The van der Waals surface area contributed by atoms with Crippen molar-refractivity contribution >= 4 is 17.1 Å². The molecule has 54 heavy (non-hydrogen) atoms. The third-order valence-electron chi connectivity index (χ3n) is 11.8. The van der Waals surface area contributed by atoms with Crippen LogP contribution in [-0.2, 0) is 11.8 Å². The lowest BCUT2D eigenvalue weighted by molar-refractivity contribution is 0.660. The highest BCUT2D eigenvalue weighted by atomic mass is 15.2. The number of nitrogens with zero attached hydrogens (tertiary/aromatic N) is 1. The summed E-state index contributed by atoms with van der Waals surface area (Å²) in [4.78, 5) is 2.46.